The van der Waals surface area contributed by atoms with Crippen LogP contribution in [-0.2, 0) is 6.54 Å². The van der Waals surface area contributed by atoms with E-state index in [0.717, 1.165) is 24.6 Å². The Balaban J connectivity index is 1.82. The zero-order valence-electron chi connectivity index (χ0n) is 9.70. The first-order valence-electron chi connectivity index (χ1n) is 5.82. The molecular formula is C13H19NOS. The van der Waals surface area contributed by atoms with E-state index >= 15 is 0 Å². The second-order valence-corrected chi connectivity index (χ2v) is 5.64. The van der Waals surface area contributed by atoms with E-state index in [1.54, 1.807) is 6.07 Å². The summed E-state index contributed by atoms with van der Waals surface area (Å²) in [7, 11) is 0. The minimum Gasteiger partial charge on any atom is -0.508 e. The van der Waals surface area contributed by atoms with Crippen molar-refractivity contribution in [2.45, 2.75) is 19.9 Å². The van der Waals surface area contributed by atoms with Crippen molar-refractivity contribution in [3.8, 4) is 5.75 Å². The molecule has 1 atom stereocenters. The van der Waals surface area contributed by atoms with Crippen LogP contribution in [0.15, 0.2) is 18.2 Å². The lowest BCUT2D eigenvalue weighted by molar-refractivity contribution is 0.459. The summed E-state index contributed by atoms with van der Waals surface area (Å²) in [6.07, 6.45) is 1.33. The number of nitrogens with one attached hydrogen (secondary N) is 1. The predicted molar refractivity (Wildman–Crippen MR) is 70.0 cm³/mol. The van der Waals surface area contributed by atoms with Crippen molar-refractivity contribution in [1.29, 1.82) is 0 Å². The zero-order valence-corrected chi connectivity index (χ0v) is 10.5. The molecule has 2 rings (SSSR count). The van der Waals surface area contributed by atoms with Gasteiger partial charge in [0.2, 0.25) is 0 Å². The molecule has 0 aliphatic carbocycles. The van der Waals surface area contributed by atoms with Crippen molar-refractivity contribution < 1.29 is 5.11 Å². The number of hydrogen-bond donors (Lipinski definition) is 2. The number of thioether (sulfide) groups is 1. The smallest absolute Gasteiger partial charge is 0.120 e. The second kappa shape index (κ2) is 5.60. The van der Waals surface area contributed by atoms with Gasteiger partial charge in [-0.25, -0.2) is 0 Å². The molecule has 1 fully saturated rings. The number of hydrogen-bond acceptors (Lipinski definition) is 3. The van der Waals surface area contributed by atoms with Crippen molar-refractivity contribution in [3.63, 3.8) is 0 Å². The quantitative estimate of drug-likeness (QED) is 0.844. The van der Waals surface area contributed by atoms with Crippen LogP contribution in [-0.4, -0.2) is 23.2 Å². The largest absolute Gasteiger partial charge is 0.508 e. The molecule has 16 heavy (non-hydrogen) atoms. The fourth-order valence-corrected chi connectivity index (χ4v) is 3.30. The lowest BCUT2D eigenvalue weighted by Gasteiger charge is -2.11. The third-order valence-corrected chi connectivity index (χ3v) is 4.24. The highest BCUT2D eigenvalue weighted by Gasteiger charge is 2.14. The van der Waals surface area contributed by atoms with Crippen molar-refractivity contribution in [3.05, 3.63) is 29.3 Å². The van der Waals surface area contributed by atoms with E-state index in [4.69, 9.17) is 0 Å². The zero-order chi connectivity index (χ0) is 11.4. The first-order chi connectivity index (χ1) is 7.75. The van der Waals surface area contributed by atoms with Crippen LogP contribution in [0.5, 0.6) is 5.75 Å². The second-order valence-electron chi connectivity index (χ2n) is 4.49. The summed E-state index contributed by atoms with van der Waals surface area (Å²) in [5.41, 5.74) is 2.21. The molecule has 2 N–H and O–H groups in total. The molecule has 1 aliphatic rings. The van der Waals surface area contributed by atoms with E-state index in [-0.39, 0.29) is 0 Å². The van der Waals surface area contributed by atoms with Crippen molar-refractivity contribution >= 4 is 11.8 Å². The number of phenolic OH excluding ortho intramolecular Hbond substituents is 1. The molecule has 3 heteroatoms. The fourth-order valence-electron chi connectivity index (χ4n) is 2.01. The normalized spacial score (nSPS) is 20.2. The average Bonchev–Trinajstić information content (AvgIpc) is 2.76. The predicted octanol–water partition coefficient (Wildman–Crippen LogP) is 2.54. The van der Waals surface area contributed by atoms with Gasteiger partial charge in [-0.1, -0.05) is 17.7 Å². The molecule has 1 aromatic carbocycles. The monoisotopic (exact) mass is 237 g/mol. The van der Waals surface area contributed by atoms with E-state index in [0.29, 0.717) is 5.75 Å². The van der Waals surface area contributed by atoms with Crippen LogP contribution in [0.4, 0.5) is 0 Å². The van der Waals surface area contributed by atoms with Gasteiger partial charge in [-0.05, 0) is 43.4 Å². The summed E-state index contributed by atoms with van der Waals surface area (Å²) in [6.45, 7) is 3.89. The van der Waals surface area contributed by atoms with E-state index < -0.39 is 0 Å². The van der Waals surface area contributed by atoms with Gasteiger partial charge in [-0.3, -0.25) is 0 Å². The molecule has 1 unspecified atom stereocenters. The Morgan fingerprint density at radius 2 is 2.38 bits per heavy atom. The highest BCUT2D eigenvalue weighted by Crippen LogP contribution is 2.23. The average molecular weight is 237 g/mol. The Bertz CT molecular complexity index is 348. The van der Waals surface area contributed by atoms with Crippen molar-refractivity contribution in [1.82, 2.24) is 5.32 Å². The number of benzene rings is 1. The Morgan fingerprint density at radius 3 is 3.12 bits per heavy atom. The Morgan fingerprint density at radius 1 is 1.50 bits per heavy atom. The molecule has 88 valence electrons. The van der Waals surface area contributed by atoms with Gasteiger partial charge in [0.25, 0.3) is 0 Å². The molecule has 2 nitrogen and oxygen atoms in total. The molecule has 0 saturated carbocycles. The van der Waals surface area contributed by atoms with Crippen LogP contribution in [0.1, 0.15) is 17.5 Å². The van der Waals surface area contributed by atoms with Crippen LogP contribution < -0.4 is 5.32 Å². The minimum absolute atomic E-state index is 0.402. The summed E-state index contributed by atoms with van der Waals surface area (Å²) in [6, 6.07) is 5.76. The topological polar surface area (TPSA) is 32.3 Å². The number of aryl methyl sites for hydroxylation is 1. The van der Waals surface area contributed by atoms with Gasteiger partial charge in [-0.15, -0.1) is 0 Å². The van der Waals surface area contributed by atoms with Gasteiger partial charge in [0, 0.05) is 12.1 Å². The van der Waals surface area contributed by atoms with Gasteiger partial charge < -0.3 is 10.4 Å². The van der Waals surface area contributed by atoms with Crippen molar-refractivity contribution in [2.24, 2.45) is 5.92 Å². The maximum atomic E-state index is 9.68. The molecule has 0 aromatic heterocycles. The van der Waals surface area contributed by atoms with Crippen molar-refractivity contribution in [2.75, 3.05) is 18.1 Å². The number of aromatic hydroxyl groups is 1. The third kappa shape index (κ3) is 3.16. The summed E-state index contributed by atoms with van der Waals surface area (Å²) >= 11 is 2.04. The molecule has 0 amide bonds. The third-order valence-electron chi connectivity index (χ3n) is 3.01. The molecule has 1 aliphatic heterocycles. The standard InChI is InChI=1S/C13H19NOS/c1-10-2-3-13(15)12(6-10)8-14-7-11-4-5-16-9-11/h2-3,6,11,14-15H,4-5,7-9H2,1H3. The fraction of sp³-hybridized carbons (Fsp3) is 0.538. The van der Waals surface area contributed by atoms with Crippen LogP contribution in [0.25, 0.3) is 0 Å². The Kier molecular flexibility index (Phi) is 4.13. The van der Waals surface area contributed by atoms with E-state index in [1.807, 2.05) is 23.9 Å². The maximum Gasteiger partial charge on any atom is 0.120 e. The Labute approximate surface area is 101 Å². The van der Waals surface area contributed by atoms with Gasteiger partial charge >= 0.3 is 0 Å². The minimum atomic E-state index is 0.402. The SMILES string of the molecule is Cc1ccc(O)c(CNCC2CCSC2)c1. The van der Waals surface area contributed by atoms with E-state index in [9.17, 15) is 5.11 Å². The summed E-state index contributed by atoms with van der Waals surface area (Å²) < 4.78 is 0. The molecule has 1 heterocycles. The van der Waals surface area contributed by atoms with Crippen LogP contribution in [0.3, 0.4) is 0 Å². The van der Waals surface area contributed by atoms with Crippen LogP contribution in [0.2, 0.25) is 0 Å². The van der Waals surface area contributed by atoms with Crippen LogP contribution >= 0.6 is 11.8 Å². The molecule has 1 saturated heterocycles. The first kappa shape index (κ1) is 11.8. The Hall–Kier alpha value is -0.670. The number of rotatable bonds is 4. The van der Waals surface area contributed by atoms with Crippen LogP contribution in [0, 0.1) is 12.8 Å². The van der Waals surface area contributed by atoms with Gasteiger partial charge in [-0.2, -0.15) is 11.8 Å². The molecule has 0 radical (unpaired) electrons. The number of phenols is 1. The molecule has 0 spiro atoms. The molecular weight excluding hydrogens is 218 g/mol. The lowest BCUT2D eigenvalue weighted by Crippen LogP contribution is -2.22. The first-order valence-corrected chi connectivity index (χ1v) is 6.98. The van der Waals surface area contributed by atoms with Gasteiger partial charge in [0.15, 0.2) is 0 Å². The highest BCUT2D eigenvalue weighted by atomic mass is 32.2. The van der Waals surface area contributed by atoms with E-state index in [1.165, 1.54) is 23.5 Å². The summed E-state index contributed by atoms with van der Waals surface area (Å²) in [5.74, 6) is 3.81. The summed E-state index contributed by atoms with van der Waals surface area (Å²) in [4.78, 5) is 0. The maximum absolute atomic E-state index is 9.68. The molecule has 0 bridgehead atoms. The van der Waals surface area contributed by atoms with Gasteiger partial charge in [0.05, 0.1) is 0 Å². The lowest BCUT2D eigenvalue weighted by atomic mass is 10.1. The van der Waals surface area contributed by atoms with Gasteiger partial charge in [0.1, 0.15) is 5.75 Å². The summed E-state index contributed by atoms with van der Waals surface area (Å²) in [5, 5.41) is 13.1. The molecule has 1 aromatic rings. The van der Waals surface area contributed by atoms with E-state index in [2.05, 4.69) is 12.2 Å². The highest BCUT2D eigenvalue weighted by molar-refractivity contribution is 7.99.